The molecule has 0 saturated carbocycles. The molecule has 0 bridgehead atoms. The van der Waals surface area contributed by atoms with E-state index in [1.165, 1.54) is 12.1 Å². The Labute approximate surface area is 81.4 Å². The Balaban J connectivity index is 2.53. The minimum absolute atomic E-state index is 0.100. The van der Waals surface area contributed by atoms with Gasteiger partial charge in [-0.1, -0.05) is 0 Å². The summed E-state index contributed by atoms with van der Waals surface area (Å²) in [6, 6.07) is 4.29. The molecular formula is C9H11ClFNO. The fourth-order valence-corrected chi connectivity index (χ4v) is 0.965. The van der Waals surface area contributed by atoms with E-state index in [0.717, 1.165) is 6.42 Å². The molecule has 0 aliphatic carbocycles. The van der Waals surface area contributed by atoms with Crippen molar-refractivity contribution < 1.29 is 9.13 Å². The van der Waals surface area contributed by atoms with Gasteiger partial charge >= 0.3 is 0 Å². The number of rotatable bonds is 4. The summed E-state index contributed by atoms with van der Waals surface area (Å²) in [5, 5.41) is 0. The fourth-order valence-electron chi connectivity index (χ4n) is 0.856. The largest absolute Gasteiger partial charge is 0.493 e. The van der Waals surface area contributed by atoms with Crippen molar-refractivity contribution in [2.24, 2.45) is 0 Å². The third-order valence-electron chi connectivity index (χ3n) is 1.51. The van der Waals surface area contributed by atoms with Gasteiger partial charge < -0.3 is 10.5 Å². The van der Waals surface area contributed by atoms with Gasteiger partial charge in [0.15, 0.2) is 0 Å². The monoisotopic (exact) mass is 203 g/mol. The van der Waals surface area contributed by atoms with Crippen molar-refractivity contribution >= 4 is 17.3 Å². The van der Waals surface area contributed by atoms with E-state index >= 15 is 0 Å². The summed E-state index contributed by atoms with van der Waals surface area (Å²) in [7, 11) is 0. The summed E-state index contributed by atoms with van der Waals surface area (Å²) in [6.07, 6.45) is 0.763. The van der Waals surface area contributed by atoms with E-state index in [1.54, 1.807) is 6.07 Å². The Bertz CT molecular complexity index is 280. The molecular weight excluding hydrogens is 193 g/mol. The SMILES string of the molecule is Nc1cc(OCCCCl)ccc1F. The lowest BCUT2D eigenvalue weighted by Gasteiger charge is -2.05. The molecule has 13 heavy (non-hydrogen) atoms. The van der Waals surface area contributed by atoms with Gasteiger partial charge in [0, 0.05) is 11.9 Å². The van der Waals surface area contributed by atoms with Crippen LogP contribution in [-0.2, 0) is 0 Å². The van der Waals surface area contributed by atoms with Gasteiger partial charge in [-0.05, 0) is 18.6 Å². The maximum Gasteiger partial charge on any atom is 0.146 e. The summed E-state index contributed by atoms with van der Waals surface area (Å²) >= 11 is 5.46. The molecule has 2 N–H and O–H groups in total. The molecule has 0 amide bonds. The molecule has 0 radical (unpaired) electrons. The number of benzene rings is 1. The summed E-state index contributed by atoms with van der Waals surface area (Å²) in [5.74, 6) is 0.699. The molecule has 0 spiro atoms. The molecule has 0 fully saturated rings. The number of hydrogen-bond donors (Lipinski definition) is 1. The number of ether oxygens (including phenoxy) is 1. The zero-order valence-electron chi connectivity index (χ0n) is 7.09. The highest BCUT2D eigenvalue weighted by Crippen LogP contribution is 2.18. The van der Waals surface area contributed by atoms with Gasteiger partial charge in [-0.2, -0.15) is 0 Å². The summed E-state index contributed by atoms with van der Waals surface area (Å²) in [5.41, 5.74) is 5.44. The number of hydrogen-bond acceptors (Lipinski definition) is 2. The molecule has 2 nitrogen and oxygen atoms in total. The van der Waals surface area contributed by atoms with Crippen molar-refractivity contribution in [1.29, 1.82) is 0 Å². The summed E-state index contributed by atoms with van der Waals surface area (Å²) < 4.78 is 17.9. The molecule has 0 heterocycles. The molecule has 0 unspecified atom stereocenters. The first-order valence-corrected chi connectivity index (χ1v) is 4.51. The second kappa shape index (κ2) is 4.92. The second-order valence-electron chi connectivity index (χ2n) is 2.57. The first-order chi connectivity index (χ1) is 6.24. The molecule has 4 heteroatoms. The van der Waals surface area contributed by atoms with Crippen LogP contribution in [0.1, 0.15) is 6.42 Å². The van der Waals surface area contributed by atoms with Crippen molar-refractivity contribution in [2.45, 2.75) is 6.42 Å². The van der Waals surface area contributed by atoms with Crippen LogP contribution in [0.15, 0.2) is 18.2 Å². The molecule has 0 saturated heterocycles. The maximum atomic E-state index is 12.7. The second-order valence-corrected chi connectivity index (χ2v) is 2.95. The Morgan fingerprint density at radius 2 is 2.23 bits per heavy atom. The van der Waals surface area contributed by atoms with E-state index in [0.29, 0.717) is 18.2 Å². The van der Waals surface area contributed by atoms with Gasteiger partial charge in [-0.3, -0.25) is 0 Å². The van der Waals surface area contributed by atoms with Gasteiger partial charge in [0.25, 0.3) is 0 Å². The van der Waals surface area contributed by atoms with E-state index in [-0.39, 0.29) is 5.69 Å². The minimum atomic E-state index is -0.426. The molecule has 0 aromatic heterocycles. The van der Waals surface area contributed by atoms with Crippen LogP contribution >= 0.6 is 11.6 Å². The average Bonchev–Trinajstić information content (AvgIpc) is 2.12. The Hall–Kier alpha value is -0.960. The molecule has 0 atom stereocenters. The van der Waals surface area contributed by atoms with E-state index in [4.69, 9.17) is 22.1 Å². The lowest BCUT2D eigenvalue weighted by atomic mass is 10.3. The topological polar surface area (TPSA) is 35.2 Å². The van der Waals surface area contributed by atoms with Crippen molar-refractivity contribution in [3.63, 3.8) is 0 Å². The number of halogens is 2. The molecule has 1 aromatic carbocycles. The number of nitrogen functional groups attached to an aromatic ring is 1. The smallest absolute Gasteiger partial charge is 0.146 e. The highest BCUT2D eigenvalue weighted by molar-refractivity contribution is 6.17. The lowest BCUT2D eigenvalue weighted by molar-refractivity contribution is 0.318. The minimum Gasteiger partial charge on any atom is -0.493 e. The average molecular weight is 204 g/mol. The van der Waals surface area contributed by atoms with E-state index in [9.17, 15) is 4.39 Å². The zero-order valence-corrected chi connectivity index (χ0v) is 7.85. The molecule has 0 aliphatic rings. The highest BCUT2D eigenvalue weighted by Gasteiger charge is 1.99. The normalized spacial score (nSPS) is 10.0. The van der Waals surface area contributed by atoms with Gasteiger partial charge in [0.1, 0.15) is 11.6 Å². The van der Waals surface area contributed by atoms with Crippen LogP contribution in [0.25, 0.3) is 0 Å². The standard InChI is InChI=1S/C9H11ClFNO/c10-4-1-5-13-7-2-3-8(11)9(12)6-7/h2-3,6H,1,4-5,12H2. The van der Waals surface area contributed by atoms with Gasteiger partial charge in [0.2, 0.25) is 0 Å². The Morgan fingerprint density at radius 1 is 1.46 bits per heavy atom. The first-order valence-electron chi connectivity index (χ1n) is 3.98. The third kappa shape index (κ3) is 3.11. The van der Waals surface area contributed by atoms with Crippen LogP contribution in [0, 0.1) is 5.82 Å². The van der Waals surface area contributed by atoms with Crippen molar-refractivity contribution in [1.82, 2.24) is 0 Å². The van der Waals surface area contributed by atoms with Gasteiger partial charge in [-0.15, -0.1) is 11.6 Å². The van der Waals surface area contributed by atoms with Crippen molar-refractivity contribution in [3.05, 3.63) is 24.0 Å². The lowest BCUT2D eigenvalue weighted by Crippen LogP contribution is -1.99. The summed E-state index contributed by atoms with van der Waals surface area (Å²) in [4.78, 5) is 0. The van der Waals surface area contributed by atoms with Gasteiger partial charge in [-0.25, -0.2) is 4.39 Å². The van der Waals surface area contributed by atoms with Crippen molar-refractivity contribution in [3.8, 4) is 5.75 Å². The molecule has 1 rings (SSSR count). The Morgan fingerprint density at radius 3 is 2.85 bits per heavy atom. The van der Waals surface area contributed by atoms with E-state index in [1.807, 2.05) is 0 Å². The Kier molecular flexibility index (Phi) is 3.83. The zero-order chi connectivity index (χ0) is 9.68. The predicted octanol–water partition coefficient (Wildman–Crippen LogP) is 2.42. The van der Waals surface area contributed by atoms with Crippen LogP contribution in [0.2, 0.25) is 0 Å². The van der Waals surface area contributed by atoms with Crippen LogP contribution in [0.4, 0.5) is 10.1 Å². The number of alkyl halides is 1. The molecule has 1 aromatic rings. The predicted molar refractivity (Wildman–Crippen MR) is 51.6 cm³/mol. The van der Waals surface area contributed by atoms with Gasteiger partial charge in [0.05, 0.1) is 12.3 Å². The highest BCUT2D eigenvalue weighted by atomic mass is 35.5. The van der Waals surface area contributed by atoms with Crippen LogP contribution in [0.3, 0.4) is 0 Å². The number of anilines is 1. The van der Waals surface area contributed by atoms with Crippen LogP contribution in [0.5, 0.6) is 5.75 Å². The van der Waals surface area contributed by atoms with Crippen LogP contribution < -0.4 is 10.5 Å². The quantitative estimate of drug-likeness (QED) is 0.464. The first kappa shape index (κ1) is 10.1. The van der Waals surface area contributed by atoms with Crippen molar-refractivity contribution in [2.75, 3.05) is 18.2 Å². The molecule has 72 valence electrons. The maximum absolute atomic E-state index is 12.7. The number of nitrogens with two attached hydrogens (primary N) is 1. The molecule has 0 aliphatic heterocycles. The third-order valence-corrected chi connectivity index (χ3v) is 1.78. The van der Waals surface area contributed by atoms with Crippen LogP contribution in [-0.4, -0.2) is 12.5 Å². The van der Waals surface area contributed by atoms with E-state index < -0.39 is 5.82 Å². The van der Waals surface area contributed by atoms with E-state index in [2.05, 4.69) is 0 Å². The fraction of sp³-hybridized carbons (Fsp3) is 0.333. The summed E-state index contributed by atoms with van der Waals surface area (Å²) in [6.45, 7) is 0.522.